The zero-order valence-electron chi connectivity index (χ0n) is 9.23. The number of benzene rings is 1. The van der Waals surface area contributed by atoms with E-state index in [4.69, 9.17) is 9.94 Å². The van der Waals surface area contributed by atoms with Gasteiger partial charge < -0.3 is 4.74 Å². The Hall–Kier alpha value is -1.33. The minimum absolute atomic E-state index is 0.553. The Morgan fingerprint density at radius 2 is 2.12 bits per heavy atom. The van der Waals surface area contributed by atoms with Crippen molar-refractivity contribution in [1.82, 2.24) is 5.48 Å². The number of hydrogen-bond acceptors (Lipinski definition) is 3. The van der Waals surface area contributed by atoms with Crippen molar-refractivity contribution in [2.24, 2.45) is 0 Å². The fraction of sp³-hybridized carbons (Fsp3) is 0.250. The minimum Gasteiger partial charge on any atom is -0.494 e. The molecular formula is C12H14BrNO3. The van der Waals surface area contributed by atoms with Crippen LogP contribution in [-0.4, -0.2) is 23.1 Å². The third-order valence-corrected chi connectivity index (χ3v) is 2.52. The van der Waals surface area contributed by atoms with E-state index in [0.717, 1.165) is 23.1 Å². The fourth-order valence-electron chi connectivity index (χ4n) is 1.13. The van der Waals surface area contributed by atoms with Gasteiger partial charge in [0, 0.05) is 11.4 Å². The first-order valence-electron chi connectivity index (χ1n) is 5.17. The van der Waals surface area contributed by atoms with E-state index >= 15 is 0 Å². The molecule has 92 valence electrons. The first-order chi connectivity index (χ1) is 8.26. The van der Waals surface area contributed by atoms with Gasteiger partial charge in [-0.3, -0.25) is 10.0 Å². The number of amides is 1. The van der Waals surface area contributed by atoms with Gasteiger partial charge in [0.25, 0.3) is 5.91 Å². The molecular weight excluding hydrogens is 286 g/mol. The molecule has 0 fully saturated rings. The summed E-state index contributed by atoms with van der Waals surface area (Å²) in [4.78, 5) is 10.7. The third-order valence-electron chi connectivity index (χ3n) is 1.96. The standard InChI is InChI=1S/C12H14BrNO3/c13-8-1-9-17-11-5-2-10(3-6-11)4-7-12(15)14-16/h2-7,16H,1,8-9H2,(H,14,15)/b7-4+. The molecule has 0 bridgehead atoms. The average molecular weight is 300 g/mol. The lowest BCUT2D eigenvalue weighted by Crippen LogP contribution is -2.14. The number of rotatable bonds is 6. The smallest absolute Gasteiger partial charge is 0.267 e. The normalized spacial score (nSPS) is 10.5. The summed E-state index contributed by atoms with van der Waals surface area (Å²) in [7, 11) is 0. The highest BCUT2D eigenvalue weighted by molar-refractivity contribution is 9.09. The van der Waals surface area contributed by atoms with Gasteiger partial charge in [-0.1, -0.05) is 28.1 Å². The molecule has 0 aliphatic rings. The molecule has 2 N–H and O–H groups in total. The summed E-state index contributed by atoms with van der Waals surface area (Å²) < 4.78 is 5.47. The SMILES string of the molecule is O=C(/C=C/c1ccc(OCCCBr)cc1)NO. The molecule has 0 aliphatic carbocycles. The van der Waals surface area contributed by atoms with Crippen molar-refractivity contribution in [3.05, 3.63) is 35.9 Å². The summed E-state index contributed by atoms with van der Waals surface area (Å²) in [5.74, 6) is 0.248. The minimum atomic E-state index is -0.553. The molecule has 1 aromatic carbocycles. The third kappa shape index (κ3) is 5.51. The molecule has 0 atom stereocenters. The first kappa shape index (κ1) is 13.7. The molecule has 0 unspecified atom stereocenters. The van der Waals surface area contributed by atoms with Crippen molar-refractivity contribution < 1.29 is 14.7 Å². The van der Waals surface area contributed by atoms with E-state index < -0.39 is 5.91 Å². The molecule has 0 heterocycles. The molecule has 0 spiro atoms. The largest absolute Gasteiger partial charge is 0.494 e. The van der Waals surface area contributed by atoms with E-state index in [2.05, 4.69) is 15.9 Å². The second-order valence-corrected chi connectivity index (χ2v) is 4.06. The van der Waals surface area contributed by atoms with Crippen molar-refractivity contribution in [2.75, 3.05) is 11.9 Å². The lowest BCUT2D eigenvalue weighted by Gasteiger charge is -2.04. The van der Waals surface area contributed by atoms with Crippen LogP contribution >= 0.6 is 15.9 Å². The number of carbonyl (C=O) groups is 1. The molecule has 1 rings (SSSR count). The summed E-state index contributed by atoms with van der Waals surface area (Å²) in [6.45, 7) is 0.674. The van der Waals surface area contributed by atoms with E-state index in [1.165, 1.54) is 11.6 Å². The Labute approximate surface area is 108 Å². The summed E-state index contributed by atoms with van der Waals surface area (Å²) >= 11 is 3.33. The summed E-state index contributed by atoms with van der Waals surface area (Å²) in [6.07, 6.45) is 3.81. The van der Waals surface area contributed by atoms with Crippen LogP contribution in [0.15, 0.2) is 30.3 Å². The number of nitrogens with one attached hydrogen (secondary N) is 1. The topological polar surface area (TPSA) is 58.6 Å². The highest BCUT2D eigenvalue weighted by Gasteiger charge is 1.94. The Morgan fingerprint density at radius 1 is 1.41 bits per heavy atom. The second kappa shape index (κ2) is 7.86. The molecule has 17 heavy (non-hydrogen) atoms. The van der Waals surface area contributed by atoms with Crippen LogP contribution in [0.3, 0.4) is 0 Å². The lowest BCUT2D eigenvalue weighted by molar-refractivity contribution is -0.124. The fourth-order valence-corrected chi connectivity index (χ4v) is 1.36. The Balaban J connectivity index is 2.50. The van der Waals surface area contributed by atoms with Crippen molar-refractivity contribution in [1.29, 1.82) is 0 Å². The maximum absolute atomic E-state index is 10.7. The van der Waals surface area contributed by atoms with Crippen LogP contribution in [0.2, 0.25) is 0 Å². The molecule has 0 radical (unpaired) electrons. The van der Waals surface area contributed by atoms with Gasteiger partial charge in [0.2, 0.25) is 0 Å². The van der Waals surface area contributed by atoms with Crippen LogP contribution in [0, 0.1) is 0 Å². The average Bonchev–Trinajstić information content (AvgIpc) is 2.37. The van der Waals surface area contributed by atoms with Gasteiger partial charge in [0.1, 0.15) is 5.75 Å². The molecule has 1 amide bonds. The number of carbonyl (C=O) groups excluding carboxylic acids is 1. The van der Waals surface area contributed by atoms with Crippen molar-refractivity contribution in [3.8, 4) is 5.75 Å². The Morgan fingerprint density at radius 3 is 2.71 bits per heavy atom. The predicted octanol–water partition coefficient (Wildman–Crippen LogP) is 2.37. The summed E-state index contributed by atoms with van der Waals surface area (Å²) in [6, 6.07) is 7.35. The van der Waals surface area contributed by atoms with Crippen LogP contribution in [0.1, 0.15) is 12.0 Å². The molecule has 4 nitrogen and oxygen atoms in total. The van der Waals surface area contributed by atoms with E-state index in [1.807, 2.05) is 24.3 Å². The van der Waals surface area contributed by atoms with Gasteiger partial charge in [-0.25, -0.2) is 5.48 Å². The lowest BCUT2D eigenvalue weighted by atomic mass is 10.2. The van der Waals surface area contributed by atoms with Crippen LogP contribution in [0.25, 0.3) is 6.08 Å². The van der Waals surface area contributed by atoms with Gasteiger partial charge in [-0.2, -0.15) is 0 Å². The Kier molecular flexibility index (Phi) is 6.35. The Bertz CT molecular complexity index is 376. The van der Waals surface area contributed by atoms with Crippen molar-refractivity contribution in [3.63, 3.8) is 0 Å². The molecule has 0 saturated carbocycles. The van der Waals surface area contributed by atoms with Crippen LogP contribution < -0.4 is 10.2 Å². The number of hydrogen-bond donors (Lipinski definition) is 2. The number of halogens is 1. The zero-order valence-corrected chi connectivity index (χ0v) is 10.8. The second-order valence-electron chi connectivity index (χ2n) is 3.27. The molecule has 0 aromatic heterocycles. The maximum Gasteiger partial charge on any atom is 0.267 e. The number of ether oxygens (including phenoxy) is 1. The van der Waals surface area contributed by atoms with Crippen LogP contribution in [0.5, 0.6) is 5.75 Å². The highest BCUT2D eigenvalue weighted by atomic mass is 79.9. The van der Waals surface area contributed by atoms with Crippen molar-refractivity contribution in [2.45, 2.75) is 6.42 Å². The van der Waals surface area contributed by atoms with Gasteiger partial charge in [0.15, 0.2) is 0 Å². The number of hydroxylamine groups is 1. The molecule has 1 aromatic rings. The maximum atomic E-state index is 10.7. The highest BCUT2D eigenvalue weighted by Crippen LogP contribution is 2.13. The number of alkyl halides is 1. The van der Waals surface area contributed by atoms with Gasteiger partial charge >= 0.3 is 0 Å². The van der Waals surface area contributed by atoms with Crippen molar-refractivity contribution >= 4 is 27.9 Å². The van der Waals surface area contributed by atoms with Crippen LogP contribution in [-0.2, 0) is 4.79 Å². The quantitative estimate of drug-likeness (QED) is 0.279. The summed E-state index contributed by atoms with van der Waals surface area (Å²) in [5.41, 5.74) is 2.39. The van der Waals surface area contributed by atoms with Gasteiger partial charge in [0.05, 0.1) is 6.61 Å². The summed E-state index contributed by atoms with van der Waals surface area (Å²) in [5, 5.41) is 9.22. The predicted molar refractivity (Wildman–Crippen MR) is 69.3 cm³/mol. The van der Waals surface area contributed by atoms with Gasteiger partial charge in [-0.05, 0) is 30.2 Å². The monoisotopic (exact) mass is 299 g/mol. The van der Waals surface area contributed by atoms with E-state index in [-0.39, 0.29) is 0 Å². The zero-order chi connectivity index (χ0) is 12.5. The van der Waals surface area contributed by atoms with E-state index in [9.17, 15) is 4.79 Å². The molecule has 0 aliphatic heterocycles. The van der Waals surface area contributed by atoms with Crippen LogP contribution in [0.4, 0.5) is 0 Å². The van der Waals surface area contributed by atoms with E-state index in [0.29, 0.717) is 6.61 Å². The molecule has 0 saturated heterocycles. The van der Waals surface area contributed by atoms with E-state index in [1.54, 1.807) is 6.08 Å². The van der Waals surface area contributed by atoms with Gasteiger partial charge in [-0.15, -0.1) is 0 Å². The first-order valence-corrected chi connectivity index (χ1v) is 6.29. The molecule has 5 heteroatoms.